The molecule has 0 aliphatic carbocycles. The van der Waals surface area contributed by atoms with Crippen molar-refractivity contribution in [3.63, 3.8) is 0 Å². The Morgan fingerprint density at radius 1 is 1.15 bits per heavy atom. The van der Waals surface area contributed by atoms with E-state index in [4.69, 9.17) is 0 Å². The maximum atomic E-state index is 13.0. The van der Waals surface area contributed by atoms with Crippen molar-refractivity contribution in [2.75, 3.05) is 23.3 Å². The van der Waals surface area contributed by atoms with Crippen LogP contribution in [0.4, 0.5) is 15.9 Å². The van der Waals surface area contributed by atoms with E-state index in [1.165, 1.54) is 12.1 Å². The third-order valence-electron chi connectivity index (χ3n) is 3.17. The standard InChI is InChI=1S/C16H20FN3/c1-3-18-16-13(6-5-11-19-16)12-20(4-2)15-9-7-14(17)8-10-15/h5-11H,3-4,12H2,1-2H3,(H,18,19). The second-order valence-corrected chi connectivity index (χ2v) is 4.53. The predicted molar refractivity (Wildman–Crippen MR) is 81.5 cm³/mol. The van der Waals surface area contributed by atoms with Crippen LogP contribution in [0.15, 0.2) is 42.6 Å². The molecule has 0 saturated heterocycles. The van der Waals surface area contributed by atoms with Gasteiger partial charge < -0.3 is 10.2 Å². The summed E-state index contributed by atoms with van der Waals surface area (Å²) in [6.07, 6.45) is 1.79. The number of rotatable bonds is 6. The number of nitrogens with zero attached hydrogens (tertiary/aromatic N) is 2. The van der Waals surface area contributed by atoms with Gasteiger partial charge in [-0.05, 0) is 44.2 Å². The first-order valence-electron chi connectivity index (χ1n) is 6.92. The highest BCUT2D eigenvalue weighted by Gasteiger charge is 2.09. The Kier molecular flexibility index (Phi) is 4.93. The summed E-state index contributed by atoms with van der Waals surface area (Å²) in [6.45, 7) is 6.58. The van der Waals surface area contributed by atoms with Crippen molar-refractivity contribution >= 4 is 11.5 Å². The molecule has 0 aliphatic rings. The molecule has 1 N–H and O–H groups in total. The van der Waals surface area contributed by atoms with Gasteiger partial charge in [0.2, 0.25) is 0 Å². The lowest BCUT2D eigenvalue weighted by atomic mass is 10.2. The molecule has 0 radical (unpaired) electrons. The highest BCUT2D eigenvalue weighted by Crippen LogP contribution is 2.20. The minimum atomic E-state index is -0.209. The van der Waals surface area contributed by atoms with Crippen LogP contribution in [0, 0.1) is 5.82 Å². The SMILES string of the molecule is CCNc1ncccc1CN(CC)c1ccc(F)cc1. The molecule has 0 spiro atoms. The summed E-state index contributed by atoms with van der Waals surface area (Å²) < 4.78 is 13.0. The third kappa shape index (κ3) is 3.47. The molecule has 1 aromatic carbocycles. The molecule has 1 heterocycles. The van der Waals surface area contributed by atoms with Crippen molar-refractivity contribution in [1.82, 2.24) is 4.98 Å². The minimum Gasteiger partial charge on any atom is -0.370 e. The van der Waals surface area contributed by atoms with E-state index in [9.17, 15) is 4.39 Å². The van der Waals surface area contributed by atoms with E-state index in [0.717, 1.165) is 36.7 Å². The van der Waals surface area contributed by atoms with E-state index in [-0.39, 0.29) is 5.82 Å². The Morgan fingerprint density at radius 3 is 2.55 bits per heavy atom. The van der Waals surface area contributed by atoms with Gasteiger partial charge in [-0.15, -0.1) is 0 Å². The van der Waals surface area contributed by atoms with E-state index in [1.807, 2.05) is 18.2 Å². The number of halogens is 1. The lowest BCUT2D eigenvalue weighted by Crippen LogP contribution is -2.23. The summed E-state index contributed by atoms with van der Waals surface area (Å²) in [5, 5.41) is 3.27. The zero-order valence-corrected chi connectivity index (χ0v) is 11.9. The second-order valence-electron chi connectivity index (χ2n) is 4.53. The van der Waals surface area contributed by atoms with Gasteiger partial charge in [0, 0.05) is 37.1 Å². The van der Waals surface area contributed by atoms with Crippen molar-refractivity contribution in [3.8, 4) is 0 Å². The monoisotopic (exact) mass is 273 g/mol. The quantitative estimate of drug-likeness (QED) is 0.870. The molecule has 0 aliphatic heterocycles. The second kappa shape index (κ2) is 6.89. The molecule has 1 aromatic heterocycles. The highest BCUT2D eigenvalue weighted by atomic mass is 19.1. The van der Waals surface area contributed by atoms with E-state index < -0.39 is 0 Å². The summed E-state index contributed by atoms with van der Waals surface area (Å²) in [6, 6.07) is 10.6. The van der Waals surface area contributed by atoms with Crippen LogP contribution in [0.5, 0.6) is 0 Å². The van der Waals surface area contributed by atoms with Crippen LogP contribution in [0.1, 0.15) is 19.4 Å². The molecule has 0 unspecified atom stereocenters. The fourth-order valence-corrected chi connectivity index (χ4v) is 2.14. The summed E-state index contributed by atoms with van der Waals surface area (Å²) in [5.41, 5.74) is 2.15. The van der Waals surface area contributed by atoms with Gasteiger partial charge in [-0.25, -0.2) is 9.37 Å². The van der Waals surface area contributed by atoms with Gasteiger partial charge in [-0.2, -0.15) is 0 Å². The van der Waals surface area contributed by atoms with Gasteiger partial charge in [0.05, 0.1) is 0 Å². The first-order chi connectivity index (χ1) is 9.74. The Bertz CT molecular complexity index is 540. The lowest BCUT2D eigenvalue weighted by molar-refractivity contribution is 0.627. The van der Waals surface area contributed by atoms with Crippen LogP contribution in [0.2, 0.25) is 0 Å². The van der Waals surface area contributed by atoms with Crippen molar-refractivity contribution < 1.29 is 4.39 Å². The summed E-state index contributed by atoms with van der Waals surface area (Å²) >= 11 is 0. The summed E-state index contributed by atoms with van der Waals surface area (Å²) in [5.74, 6) is 0.704. The predicted octanol–water partition coefficient (Wildman–Crippen LogP) is 3.68. The van der Waals surface area contributed by atoms with E-state index in [0.29, 0.717) is 0 Å². The van der Waals surface area contributed by atoms with E-state index in [2.05, 4.69) is 35.1 Å². The normalized spacial score (nSPS) is 10.3. The maximum absolute atomic E-state index is 13.0. The van der Waals surface area contributed by atoms with Gasteiger partial charge in [0.15, 0.2) is 0 Å². The summed E-state index contributed by atoms with van der Waals surface area (Å²) in [7, 11) is 0. The molecular formula is C16H20FN3. The Hall–Kier alpha value is -2.10. The van der Waals surface area contributed by atoms with Crippen LogP contribution in [-0.2, 0) is 6.54 Å². The number of aromatic nitrogens is 1. The number of benzene rings is 1. The van der Waals surface area contributed by atoms with Crippen molar-refractivity contribution in [2.24, 2.45) is 0 Å². The molecule has 0 amide bonds. The third-order valence-corrected chi connectivity index (χ3v) is 3.17. The average molecular weight is 273 g/mol. The van der Waals surface area contributed by atoms with Crippen molar-refractivity contribution in [3.05, 3.63) is 54.0 Å². The molecular weight excluding hydrogens is 253 g/mol. The van der Waals surface area contributed by atoms with Gasteiger partial charge in [-0.1, -0.05) is 6.07 Å². The lowest BCUT2D eigenvalue weighted by Gasteiger charge is -2.24. The molecule has 20 heavy (non-hydrogen) atoms. The Morgan fingerprint density at radius 2 is 1.90 bits per heavy atom. The highest BCUT2D eigenvalue weighted by molar-refractivity contribution is 5.50. The average Bonchev–Trinajstić information content (AvgIpc) is 2.48. The molecule has 3 nitrogen and oxygen atoms in total. The number of hydrogen-bond donors (Lipinski definition) is 1. The number of hydrogen-bond acceptors (Lipinski definition) is 3. The van der Waals surface area contributed by atoms with E-state index in [1.54, 1.807) is 6.20 Å². The number of anilines is 2. The zero-order valence-electron chi connectivity index (χ0n) is 11.9. The van der Waals surface area contributed by atoms with Gasteiger partial charge in [-0.3, -0.25) is 0 Å². The molecule has 0 bridgehead atoms. The molecule has 0 fully saturated rings. The smallest absolute Gasteiger partial charge is 0.130 e. The molecule has 2 rings (SSSR count). The van der Waals surface area contributed by atoms with Gasteiger partial charge in [0.25, 0.3) is 0 Å². The minimum absolute atomic E-state index is 0.209. The number of nitrogens with one attached hydrogen (secondary N) is 1. The van der Waals surface area contributed by atoms with Gasteiger partial charge in [0.1, 0.15) is 11.6 Å². The first kappa shape index (κ1) is 14.3. The van der Waals surface area contributed by atoms with Gasteiger partial charge >= 0.3 is 0 Å². The number of pyridine rings is 1. The molecule has 106 valence electrons. The van der Waals surface area contributed by atoms with Crippen LogP contribution in [-0.4, -0.2) is 18.1 Å². The topological polar surface area (TPSA) is 28.2 Å². The largest absolute Gasteiger partial charge is 0.370 e. The fourth-order valence-electron chi connectivity index (χ4n) is 2.14. The summed E-state index contributed by atoms with van der Waals surface area (Å²) in [4.78, 5) is 6.56. The Balaban J connectivity index is 2.20. The van der Waals surface area contributed by atoms with E-state index >= 15 is 0 Å². The van der Waals surface area contributed by atoms with Crippen LogP contribution in [0.25, 0.3) is 0 Å². The zero-order chi connectivity index (χ0) is 14.4. The molecule has 2 aromatic rings. The Labute approximate surface area is 119 Å². The van der Waals surface area contributed by atoms with Crippen LogP contribution < -0.4 is 10.2 Å². The first-order valence-corrected chi connectivity index (χ1v) is 6.92. The van der Waals surface area contributed by atoms with Crippen LogP contribution >= 0.6 is 0 Å². The molecule has 0 atom stereocenters. The maximum Gasteiger partial charge on any atom is 0.130 e. The fraction of sp³-hybridized carbons (Fsp3) is 0.312. The van der Waals surface area contributed by atoms with Crippen LogP contribution in [0.3, 0.4) is 0 Å². The van der Waals surface area contributed by atoms with Crippen molar-refractivity contribution in [2.45, 2.75) is 20.4 Å². The molecule has 0 saturated carbocycles. The van der Waals surface area contributed by atoms with Crippen molar-refractivity contribution in [1.29, 1.82) is 0 Å². The molecule has 4 heteroatoms.